The monoisotopic (exact) mass is 243 g/mol. The Balaban J connectivity index is 2.18. The lowest BCUT2D eigenvalue weighted by molar-refractivity contribution is 0.726. The second-order valence-electron chi connectivity index (χ2n) is 4.36. The Kier molecular flexibility index (Phi) is 1.79. The molecule has 1 atom stereocenters. The molecule has 2 aromatic rings. The highest BCUT2D eigenvalue weighted by atomic mass is 15.4. The first kappa shape index (κ1) is 8.08. The van der Waals surface area contributed by atoms with Gasteiger partial charge in [0.15, 0.2) is 11.6 Å². The van der Waals surface area contributed by atoms with Gasteiger partial charge in [0.05, 0.1) is 0 Å². The molecule has 18 heavy (non-hydrogen) atoms. The number of fused-ring (bicyclic) bond motifs is 1. The molecule has 2 heterocycles. The number of benzene rings is 1. The molecule has 0 N–H and O–H groups in total. The van der Waals surface area contributed by atoms with Gasteiger partial charge < -0.3 is 9.80 Å². The van der Waals surface area contributed by atoms with Crippen molar-refractivity contribution in [2.75, 3.05) is 16.8 Å². The highest BCUT2D eigenvalue weighted by molar-refractivity contribution is 5.78. The van der Waals surface area contributed by atoms with Gasteiger partial charge in [0.2, 0.25) is 0 Å². The average molecular weight is 243 g/mol. The maximum Gasteiger partial charge on any atom is 0.178 e. The molecule has 0 saturated heterocycles. The number of para-hydroxylation sites is 1. The molecule has 0 bridgehead atoms. The van der Waals surface area contributed by atoms with E-state index >= 15 is 0 Å². The zero-order valence-corrected chi connectivity index (χ0v) is 10.3. The van der Waals surface area contributed by atoms with Crippen LogP contribution in [-0.4, -0.2) is 23.1 Å². The summed E-state index contributed by atoms with van der Waals surface area (Å²) in [7, 11) is 0. The first-order valence-electron chi connectivity index (χ1n) is 7.36. The fourth-order valence-corrected chi connectivity index (χ4v) is 2.28. The lowest BCUT2D eigenvalue weighted by Crippen LogP contribution is -2.36. The number of aromatic nitrogens is 2. The van der Waals surface area contributed by atoms with E-state index < -0.39 is 6.98 Å². The lowest BCUT2D eigenvalue weighted by atomic mass is 10.2. The molecule has 0 amide bonds. The minimum atomic E-state index is -2.26. The van der Waals surface area contributed by atoms with Crippen LogP contribution in [0.5, 0.6) is 0 Å². The Morgan fingerprint density at radius 1 is 1.17 bits per heavy atom. The SMILES string of the molecule is [2H]C([2H])([2H])N1c2nccnc2N(c2ccccc2C)[C@H]1C. The molecule has 4 heteroatoms. The molecule has 0 saturated carbocycles. The second kappa shape index (κ2) is 3.98. The van der Waals surface area contributed by atoms with Crippen LogP contribution in [0.15, 0.2) is 36.7 Å². The van der Waals surface area contributed by atoms with Gasteiger partial charge in [0.1, 0.15) is 6.17 Å². The van der Waals surface area contributed by atoms with E-state index in [1.807, 2.05) is 43.0 Å². The van der Waals surface area contributed by atoms with Crippen molar-refractivity contribution in [2.24, 2.45) is 0 Å². The number of anilines is 3. The molecule has 0 spiro atoms. The van der Waals surface area contributed by atoms with Gasteiger partial charge in [-0.2, -0.15) is 0 Å². The van der Waals surface area contributed by atoms with Crippen LogP contribution in [0, 0.1) is 6.92 Å². The Bertz CT molecular complexity index is 671. The standard InChI is InChI=1S/C14H16N4/c1-10-6-4-5-7-12(10)18-11(2)17(3)13-14(18)16-9-8-15-13/h4-9,11H,1-3H3/t11-/m0/s1/i3D3. The lowest BCUT2D eigenvalue weighted by Gasteiger charge is -2.27. The summed E-state index contributed by atoms with van der Waals surface area (Å²) < 4.78 is 23.3. The maximum absolute atomic E-state index is 7.76. The third-order valence-corrected chi connectivity index (χ3v) is 3.24. The smallest absolute Gasteiger partial charge is 0.178 e. The zero-order valence-electron chi connectivity index (χ0n) is 13.3. The van der Waals surface area contributed by atoms with Crippen molar-refractivity contribution in [1.82, 2.24) is 9.97 Å². The highest BCUT2D eigenvalue weighted by Gasteiger charge is 2.34. The largest absolute Gasteiger partial charge is 0.336 e. The normalized spacial score (nSPS) is 21.2. The van der Waals surface area contributed by atoms with Gasteiger partial charge in [-0.05, 0) is 25.5 Å². The Morgan fingerprint density at radius 2 is 1.89 bits per heavy atom. The van der Waals surface area contributed by atoms with Gasteiger partial charge in [-0.1, -0.05) is 18.2 Å². The third kappa shape index (κ3) is 1.45. The highest BCUT2D eigenvalue weighted by Crippen LogP contribution is 2.40. The van der Waals surface area contributed by atoms with E-state index in [0.29, 0.717) is 11.6 Å². The van der Waals surface area contributed by atoms with E-state index in [1.165, 1.54) is 11.1 Å². The number of rotatable bonds is 1. The predicted octanol–water partition coefficient (Wildman–Crippen LogP) is 2.72. The van der Waals surface area contributed by atoms with Crippen molar-refractivity contribution in [3.05, 3.63) is 42.2 Å². The van der Waals surface area contributed by atoms with Crippen molar-refractivity contribution in [2.45, 2.75) is 20.0 Å². The molecule has 1 aliphatic rings. The van der Waals surface area contributed by atoms with E-state index in [0.717, 1.165) is 11.3 Å². The third-order valence-electron chi connectivity index (χ3n) is 3.24. The summed E-state index contributed by atoms with van der Waals surface area (Å²) in [5.74, 6) is 0.976. The minimum Gasteiger partial charge on any atom is -0.336 e. The second-order valence-corrected chi connectivity index (χ2v) is 4.36. The summed E-state index contributed by atoms with van der Waals surface area (Å²) in [5, 5.41) is 0. The van der Waals surface area contributed by atoms with Gasteiger partial charge >= 0.3 is 0 Å². The molecule has 92 valence electrons. The quantitative estimate of drug-likeness (QED) is 0.771. The average Bonchev–Trinajstić information content (AvgIpc) is 2.71. The van der Waals surface area contributed by atoms with Gasteiger partial charge in [-0.25, -0.2) is 9.97 Å². The predicted molar refractivity (Wildman–Crippen MR) is 73.2 cm³/mol. The van der Waals surface area contributed by atoms with Crippen LogP contribution in [0.2, 0.25) is 0 Å². The molecule has 1 aromatic heterocycles. The number of hydrogen-bond donors (Lipinski definition) is 0. The van der Waals surface area contributed by atoms with Crippen LogP contribution >= 0.6 is 0 Å². The summed E-state index contributed by atoms with van der Waals surface area (Å²) in [5.41, 5.74) is 2.01. The van der Waals surface area contributed by atoms with Crippen molar-refractivity contribution in [1.29, 1.82) is 0 Å². The Morgan fingerprint density at radius 3 is 2.61 bits per heavy atom. The van der Waals surface area contributed by atoms with E-state index in [-0.39, 0.29) is 6.17 Å². The molecule has 0 unspecified atom stereocenters. The maximum atomic E-state index is 7.76. The first-order chi connectivity index (χ1) is 9.91. The number of nitrogens with zero attached hydrogens (tertiary/aromatic N) is 4. The van der Waals surface area contributed by atoms with Crippen LogP contribution in [0.4, 0.5) is 17.3 Å². The van der Waals surface area contributed by atoms with Crippen molar-refractivity contribution in [3.8, 4) is 0 Å². The van der Waals surface area contributed by atoms with Gasteiger partial charge in [0, 0.05) is 29.2 Å². The summed E-state index contributed by atoms with van der Waals surface area (Å²) in [6.07, 6.45) is 2.72. The topological polar surface area (TPSA) is 32.3 Å². The molecule has 0 aliphatic carbocycles. The van der Waals surface area contributed by atoms with Gasteiger partial charge in [-0.3, -0.25) is 0 Å². The van der Waals surface area contributed by atoms with E-state index in [9.17, 15) is 0 Å². The van der Waals surface area contributed by atoms with Crippen molar-refractivity contribution in [3.63, 3.8) is 0 Å². The molecular formula is C14H16N4. The summed E-state index contributed by atoms with van der Waals surface area (Å²) >= 11 is 0. The number of aryl methyl sites for hydroxylation is 1. The first-order valence-corrected chi connectivity index (χ1v) is 5.86. The fraction of sp³-hybridized carbons (Fsp3) is 0.286. The molecule has 0 fully saturated rings. The van der Waals surface area contributed by atoms with Crippen molar-refractivity contribution >= 4 is 17.3 Å². The molecule has 1 aromatic carbocycles. The molecule has 3 rings (SSSR count). The van der Waals surface area contributed by atoms with Crippen LogP contribution < -0.4 is 9.80 Å². The van der Waals surface area contributed by atoms with Gasteiger partial charge in [0.25, 0.3) is 0 Å². The summed E-state index contributed by atoms with van der Waals surface area (Å²) in [6.45, 7) is 1.58. The fourth-order valence-electron chi connectivity index (χ4n) is 2.28. The molecule has 1 aliphatic heterocycles. The van der Waals surface area contributed by atoms with E-state index in [4.69, 9.17) is 4.11 Å². The van der Waals surface area contributed by atoms with Crippen LogP contribution in [0.3, 0.4) is 0 Å². The minimum absolute atomic E-state index is 0.379. The molecular weight excluding hydrogens is 224 g/mol. The number of hydrogen-bond acceptors (Lipinski definition) is 4. The van der Waals surface area contributed by atoms with Crippen LogP contribution in [-0.2, 0) is 0 Å². The zero-order chi connectivity index (χ0) is 15.2. The Hall–Kier alpha value is -2.10. The van der Waals surface area contributed by atoms with E-state index in [1.54, 1.807) is 6.20 Å². The summed E-state index contributed by atoms with van der Waals surface area (Å²) in [6, 6.07) is 7.85. The van der Waals surface area contributed by atoms with Crippen molar-refractivity contribution < 1.29 is 4.11 Å². The van der Waals surface area contributed by atoms with Crippen LogP contribution in [0.1, 0.15) is 16.6 Å². The molecule has 4 nitrogen and oxygen atoms in total. The molecule has 0 radical (unpaired) electrons. The summed E-state index contributed by atoms with van der Waals surface area (Å²) in [4.78, 5) is 11.8. The van der Waals surface area contributed by atoms with Crippen LogP contribution in [0.25, 0.3) is 0 Å². The van der Waals surface area contributed by atoms with Gasteiger partial charge in [-0.15, -0.1) is 0 Å². The Labute approximate surface area is 111 Å². The van der Waals surface area contributed by atoms with E-state index in [2.05, 4.69) is 9.97 Å².